The molecule has 0 spiro atoms. The zero-order valence-electron chi connectivity index (χ0n) is 9.42. The smallest absolute Gasteiger partial charge is 0.0897 e. The lowest BCUT2D eigenvalue weighted by Gasteiger charge is -2.26. The van der Waals surface area contributed by atoms with Crippen LogP contribution >= 0.6 is 0 Å². The van der Waals surface area contributed by atoms with Crippen LogP contribution in [0, 0.1) is 0 Å². The first-order chi connectivity index (χ1) is 6.58. The van der Waals surface area contributed by atoms with Crippen LogP contribution in [0.3, 0.4) is 0 Å². The van der Waals surface area contributed by atoms with Gasteiger partial charge in [-0.1, -0.05) is 13.8 Å². The minimum absolute atomic E-state index is 0.323. The van der Waals surface area contributed by atoms with Gasteiger partial charge >= 0.3 is 0 Å². The summed E-state index contributed by atoms with van der Waals surface area (Å²) in [5, 5.41) is 22.3. The van der Waals surface area contributed by atoms with E-state index < -0.39 is 11.7 Å². The van der Waals surface area contributed by atoms with E-state index in [2.05, 4.69) is 5.32 Å². The molecule has 0 amide bonds. The lowest BCUT2D eigenvalue weighted by atomic mass is 9.97. The van der Waals surface area contributed by atoms with Crippen LogP contribution in [0.2, 0.25) is 0 Å². The van der Waals surface area contributed by atoms with Gasteiger partial charge < -0.3 is 20.3 Å². The molecule has 0 aliphatic heterocycles. The second kappa shape index (κ2) is 7.17. The van der Waals surface area contributed by atoms with Gasteiger partial charge in [0.1, 0.15) is 0 Å². The normalized spacial score (nSPS) is 14.4. The molecule has 1 unspecified atom stereocenters. The summed E-state index contributed by atoms with van der Waals surface area (Å²) >= 11 is 0. The van der Waals surface area contributed by atoms with Crippen LogP contribution in [0.1, 0.15) is 26.7 Å². The maximum atomic E-state index is 9.90. The topological polar surface area (TPSA) is 61.7 Å². The van der Waals surface area contributed by atoms with Crippen molar-refractivity contribution in [2.24, 2.45) is 0 Å². The summed E-state index contributed by atoms with van der Waals surface area (Å²) in [5.41, 5.74) is -0.646. The van der Waals surface area contributed by atoms with Crippen molar-refractivity contribution in [3.63, 3.8) is 0 Å². The van der Waals surface area contributed by atoms with Crippen molar-refractivity contribution >= 4 is 0 Å². The quantitative estimate of drug-likeness (QED) is 0.527. The van der Waals surface area contributed by atoms with Crippen molar-refractivity contribution in [3.05, 3.63) is 0 Å². The van der Waals surface area contributed by atoms with Gasteiger partial charge in [0, 0.05) is 20.2 Å². The number of methoxy groups -OCH3 is 1. The minimum Gasteiger partial charge on any atom is -0.389 e. The molecule has 0 heterocycles. The Kier molecular flexibility index (Phi) is 7.09. The molecule has 4 nitrogen and oxygen atoms in total. The third-order valence-electron chi connectivity index (χ3n) is 2.51. The Bertz CT molecular complexity index is 137. The van der Waals surface area contributed by atoms with Crippen molar-refractivity contribution in [3.8, 4) is 0 Å². The monoisotopic (exact) mass is 205 g/mol. The van der Waals surface area contributed by atoms with E-state index in [1.54, 1.807) is 7.11 Å². The van der Waals surface area contributed by atoms with E-state index in [9.17, 15) is 10.2 Å². The molecule has 4 heteroatoms. The summed E-state index contributed by atoms with van der Waals surface area (Å²) in [6.07, 6.45) is 0.936. The average Bonchev–Trinajstić information content (AvgIpc) is 2.18. The molecular weight excluding hydrogens is 182 g/mol. The van der Waals surface area contributed by atoms with E-state index in [4.69, 9.17) is 4.74 Å². The predicted molar refractivity (Wildman–Crippen MR) is 56.3 cm³/mol. The Morgan fingerprint density at radius 3 is 2.36 bits per heavy atom. The number of hydrogen-bond acceptors (Lipinski definition) is 4. The SMILES string of the molecule is CCC(O)(CC)CNCC(O)COC. The van der Waals surface area contributed by atoms with Crippen molar-refractivity contribution < 1.29 is 14.9 Å². The number of rotatable bonds is 8. The molecule has 0 aromatic heterocycles. The molecule has 0 aromatic rings. The molecule has 0 rings (SSSR count). The fraction of sp³-hybridized carbons (Fsp3) is 1.00. The fourth-order valence-corrected chi connectivity index (χ4v) is 1.22. The van der Waals surface area contributed by atoms with Crippen LogP contribution in [0.4, 0.5) is 0 Å². The van der Waals surface area contributed by atoms with Gasteiger partial charge in [-0.15, -0.1) is 0 Å². The van der Waals surface area contributed by atoms with Gasteiger partial charge in [0.05, 0.1) is 18.3 Å². The van der Waals surface area contributed by atoms with E-state index in [0.717, 1.165) is 12.8 Å². The molecular formula is C10H23NO3. The van der Waals surface area contributed by atoms with Crippen molar-refractivity contribution in [2.75, 3.05) is 26.8 Å². The van der Waals surface area contributed by atoms with Gasteiger partial charge in [-0.25, -0.2) is 0 Å². The molecule has 0 fully saturated rings. The molecule has 0 radical (unpaired) electrons. The van der Waals surface area contributed by atoms with E-state index in [1.807, 2.05) is 13.8 Å². The van der Waals surface area contributed by atoms with Crippen molar-refractivity contribution in [1.29, 1.82) is 0 Å². The van der Waals surface area contributed by atoms with Gasteiger partial charge in [0.15, 0.2) is 0 Å². The largest absolute Gasteiger partial charge is 0.389 e. The number of nitrogens with one attached hydrogen (secondary N) is 1. The van der Waals surface area contributed by atoms with Crippen LogP contribution in [0.5, 0.6) is 0 Å². The highest BCUT2D eigenvalue weighted by atomic mass is 16.5. The van der Waals surface area contributed by atoms with Gasteiger partial charge in [-0.3, -0.25) is 0 Å². The molecule has 0 aliphatic carbocycles. The zero-order valence-corrected chi connectivity index (χ0v) is 9.42. The van der Waals surface area contributed by atoms with E-state index in [0.29, 0.717) is 19.7 Å². The predicted octanol–water partition coefficient (Wildman–Crippen LogP) is 0.134. The Hall–Kier alpha value is -0.160. The molecule has 0 bridgehead atoms. The van der Waals surface area contributed by atoms with Crippen molar-refractivity contribution in [2.45, 2.75) is 38.4 Å². The summed E-state index contributed by atoms with van der Waals surface area (Å²) in [6.45, 7) is 5.20. The Morgan fingerprint density at radius 1 is 1.36 bits per heavy atom. The van der Waals surface area contributed by atoms with E-state index >= 15 is 0 Å². The first-order valence-electron chi connectivity index (χ1n) is 5.18. The van der Waals surface area contributed by atoms with Crippen LogP contribution in [0.15, 0.2) is 0 Å². The molecule has 14 heavy (non-hydrogen) atoms. The molecule has 0 saturated carbocycles. The fourth-order valence-electron chi connectivity index (χ4n) is 1.22. The number of aliphatic hydroxyl groups excluding tert-OH is 1. The third-order valence-corrected chi connectivity index (χ3v) is 2.51. The first kappa shape index (κ1) is 13.8. The van der Waals surface area contributed by atoms with Crippen LogP contribution < -0.4 is 5.32 Å². The van der Waals surface area contributed by atoms with Crippen LogP contribution in [0.25, 0.3) is 0 Å². The maximum Gasteiger partial charge on any atom is 0.0897 e. The number of hydrogen-bond donors (Lipinski definition) is 3. The summed E-state index contributed by atoms with van der Waals surface area (Å²) in [5.74, 6) is 0. The minimum atomic E-state index is -0.646. The van der Waals surface area contributed by atoms with Gasteiger partial charge in [-0.05, 0) is 12.8 Å². The molecule has 0 aliphatic rings. The first-order valence-corrected chi connectivity index (χ1v) is 5.18. The average molecular weight is 205 g/mol. The summed E-state index contributed by atoms with van der Waals surface area (Å²) in [7, 11) is 1.55. The Balaban J connectivity index is 3.61. The molecule has 1 atom stereocenters. The molecule has 3 N–H and O–H groups in total. The highest BCUT2D eigenvalue weighted by molar-refractivity contribution is 4.78. The maximum absolute atomic E-state index is 9.90. The number of ether oxygens (including phenoxy) is 1. The van der Waals surface area contributed by atoms with Crippen LogP contribution in [-0.2, 0) is 4.74 Å². The summed E-state index contributed by atoms with van der Waals surface area (Å²) in [4.78, 5) is 0. The highest BCUT2D eigenvalue weighted by Gasteiger charge is 2.21. The van der Waals surface area contributed by atoms with Crippen molar-refractivity contribution in [1.82, 2.24) is 5.32 Å². The molecule has 86 valence electrons. The van der Waals surface area contributed by atoms with E-state index in [1.165, 1.54) is 0 Å². The lowest BCUT2D eigenvalue weighted by Crippen LogP contribution is -2.42. The summed E-state index contributed by atoms with van der Waals surface area (Å²) in [6, 6.07) is 0. The van der Waals surface area contributed by atoms with E-state index in [-0.39, 0.29) is 0 Å². The van der Waals surface area contributed by atoms with Gasteiger partial charge in [0.2, 0.25) is 0 Å². The van der Waals surface area contributed by atoms with Gasteiger partial charge in [-0.2, -0.15) is 0 Å². The Labute approximate surface area is 86.3 Å². The molecule has 0 saturated heterocycles. The Morgan fingerprint density at radius 2 is 1.93 bits per heavy atom. The lowest BCUT2D eigenvalue weighted by molar-refractivity contribution is 0.0232. The zero-order chi connectivity index (χ0) is 11.0. The second-order valence-electron chi connectivity index (χ2n) is 3.67. The van der Waals surface area contributed by atoms with Gasteiger partial charge in [0.25, 0.3) is 0 Å². The summed E-state index contributed by atoms with van der Waals surface area (Å²) < 4.78 is 4.79. The number of aliphatic hydroxyl groups is 2. The third kappa shape index (κ3) is 5.54. The second-order valence-corrected chi connectivity index (χ2v) is 3.67. The highest BCUT2D eigenvalue weighted by Crippen LogP contribution is 2.12. The van der Waals surface area contributed by atoms with Crippen LogP contribution in [-0.4, -0.2) is 48.7 Å². The molecule has 0 aromatic carbocycles. The standard InChI is InChI=1S/C10H23NO3/c1-4-10(13,5-2)8-11-6-9(12)7-14-3/h9,11-13H,4-8H2,1-3H3.